The van der Waals surface area contributed by atoms with E-state index in [4.69, 9.17) is 0 Å². The van der Waals surface area contributed by atoms with Gasteiger partial charge >= 0.3 is 0 Å². The van der Waals surface area contributed by atoms with Crippen LogP contribution in [0.5, 0.6) is 0 Å². The van der Waals surface area contributed by atoms with Crippen molar-refractivity contribution < 1.29 is 0 Å². The summed E-state index contributed by atoms with van der Waals surface area (Å²) in [5, 5.41) is 0. The van der Waals surface area contributed by atoms with E-state index in [-0.39, 0.29) is 0 Å². The molecule has 0 N–H and O–H groups in total. The van der Waals surface area contributed by atoms with Gasteiger partial charge in [-0.25, -0.2) is 0 Å². The summed E-state index contributed by atoms with van der Waals surface area (Å²) in [6, 6.07) is 0. The maximum atomic E-state index is 3.75. The van der Waals surface area contributed by atoms with E-state index in [2.05, 4.69) is 32.6 Å². The van der Waals surface area contributed by atoms with Gasteiger partial charge in [0.2, 0.25) is 0 Å². The van der Waals surface area contributed by atoms with Gasteiger partial charge in [0.25, 0.3) is 0 Å². The molecule has 0 fully saturated rings. The first-order valence-corrected chi connectivity index (χ1v) is 6.58. The molecule has 0 aliphatic rings. The predicted molar refractivity (Wildman–Crippen MR) is 71.1 cm³/mol. The molecule has 0 amide bonds. The van der Waals surface area contributed by atoms with E-state index in [0.717, 1.165) is 6.42 Å². The van der Waals surface area contributed by atoms with Crippen molar-refractivity contribution >= 4 is 0 Å². The molecule has 1 atom stereocenters. The number of hydrogen-bond acceptors (Lipinski definition) is 0. The number of hydrogen-bond donors (Lipinski definition) is 0. The van der Waals surface area contributed by atoms with Gasteiger partial charge in [0.1, 0.15) is 0 Å². The van der Waals surface area contributed by atoms with Crippen molar-refractivity contribution in [3.8, 4) is 0 Å². The fourth-order valence-corrected chi connectivity index (χ4v) is 1.71. The molecule has 0 bridgehead atoms. The van der Waals surface area contributed by atoms with Crippen molar-refractivity contribution in [2.45, 2.75) is 65.2 Å². The maximum absolute atomic E-state index is 3.75. The smallest absolute Gasteiger partial charge is 0.0227 e. The lowest BCUT2D eigenvalue weighted by Gasteiger charge is -2.01. The van der Waals surface area contributed by atoms with Crippen LogP contribution in [0.25, 0.3) is 0 Å². The first-order chi connectivity index (χ1) is 7.31. The van der Waals surface area contributed by atoms with Gasteiger partial charge in [-0.1, -0.05) is 64.2 Å². The fraction of sp³-hybridized carbons (Fsp3) is 0.733. The van der Waals surface area contributed by atoms with Crippen molar-refractivity contribution in [2.75, 3.05) is 0 Å². The SMILES string of the molecule is C=CCC(C)C=CCCCCCCCC. The highest BCUT2D eigenvalue weighted by Gasteiger charge is 1.92. The molecular formula is C15H28. The Bertz CT molecular complexity index is 155. The second kappa shape index (κ2) is 11.6. The number of allylic oxidation sites excluding steroid dienone is 3. The minimum atomic E-state index is 0.669. The summed E-state index contributed by atoms with van der Waals surface area (Å²) in [6.45, 7) is 8.27. The van der Waals surface area contributed by atoms with Gasteiger partial charge in [-0.2, -0.15) is 0 Å². The van der Waals surface area contributed by atoms with E-state index in [1.807, 2.05) is 6.08 Å². The molecule has 0 aromatic heterocycles. The summed E-state index contributed by atoms with van der Waals surface area (Å²) < 4.78 is 0. The summed E-state index contributed by atoms with van der Waals surface area (Å²) in [5.41, 5.74) is 0. The van der Waals surface area contributed by atoms with Crippen molar-refractivity contribution in [1.82, 2.24) is 0 Å². The first kappa shape index (κ1) is 14.5. The molecule has 1 unspecified atom stereocenters. The molecule has 0 saturated carbocycles. The average Bonchev–Trinajstić information content (AvgIpc) is 2.22. The van der Waals surface area contributed by atoms with Crippen LogP contribution in [0.2, 0.25) is 0 Å². The lowest BCUT2D eigenvalue weighted by molar-refractivity contribution is 0.610. The van der Waals surface area contributed by atoms with Crippen LogP contribution in [-0.2, 0) is 0 Å². The molecule has 0 aliphatic heterocycles. The highest BCUT2D eigenvalue weighted by molar-refractivity contribution is 4.89. The van der Waals surface area contributed by atoms with Crippen LogP contribution >= 0.6 is 0 Å². The van der Waals surface area contributed by atoms with Crippen LogP contribution in [0.4, 0.5) is 0 Å². The molecule has 0 rings (SSSR count). The van der Waals surface area contributed by atoms with Gasteiger partial charge in [-0.05, 0) is 25.2 Å². The van der Waals surface area contributed by atoms with Gasteiger partial charge in [0, 0.05) is 0 Å². The van der Waals surface area contributed by atoms with Crippen molar-refractivity contribution in [2.24, 2.45) is 5.92 Å². The molecule has 88 valence electrons. The Morgan fingerprint density at radius 1 is 1.07 bits per heavy atom. The standard InChI is InChI=1S/C15H28/c1-4-6-7-8-9-10-11-12-14-15(3)13-5-2/h5,12,14-15H,2,4,6-11,13H2,1,3H3. The highest BCUT2D eigenvalue weighted by atomic mass is 14.0. The number of unbranched alkanes of at least 4 members (excludes halogenated alkanes) is 6. The zero-order valence-electron chi connectivity index (χ0n) is 10.7. The summed E-state index contributed by atoms with van der Waals surface area (Å²) in [4.78, 5) is 0. The Morgan fingerprint density at radius 2 is 1.73 bits per heavy atom. The fourth-order valence-electron chi connectivity index (χ4n) is 1.71. The van der Waals surface area contributed by atoms with Crippen molar-refractivity contribution in [1.29, 1.82) is 0 Å². The first-order valence-electron chi connectivity index (χ1n) is 6.58. The topological polar surface area (TPSA) is 0 Å². The van der Waals surface area contributed by atoms with E-state index >= 15 is 0 Å². The quantitative estimate of drug-likeness (QED) is 0.328. The maximum Gasteiger partial charge on any atom is -0.0227 e. The summed E-state index contributed by atoms with van der Waals surface area (Å²) in [7, 11) is 0. The highest BCUT2D eigenvalue weighted by Crippen LogP contribution is 2.09. The van der Waals surface area contributed by atoms with E-state index in [1.165, 1.54) is 44.9 Å². The van der Waals surface area contributed by atoms with Gasteiger partial charge in [-0.15, -0.1) is 6.58 Å². The van der Waals surface area contributed by atoms with Crippen molar-refractivity contribution in [3.63, 3.8) is 0 Å². The molecule has 0 radical (unpaired) electrons. The summed E-state index contributed by atoms with van der Waals surface area (Å²) in [5.74, 6) is 0.669. The molecule has 0 spiro atoms. The largest absolute Gasteiger partial charge is 0.103 e. The van der Waals surface area contributed by atoms with Gasteiger partial charge in [0.15, 0.2) is 0 Å². The zero-order chi connectivity index (χ0) is 11.4. The van der Waals surface area contributed by atoms with Crippen LogP contribution in [-0.4, -0.2) is 0 Å². The minimum absolute atomic E-state index is 0.669. The van der Waals surface area contributed by atoms with Gasteiger partial charge in [-0.3, -0.25) is 0 Å². The Balaban J connectivity index is 3.19. The van der Waals surface area contributed by atoms with Crippen LogP contribution in [0.3, 0.4) is 0 Å². The van der Waals surface area contributed by atoms with Crippen LogP contribution in [0.1, 0.15) is 65.2 Å². The molecule has 15 heavy (non-hydrogen) atoms. The van der Waals surface area contributed by atoms with E-state index in [1.54, 1.807) is 0 Å². The molecule has 0 heteroatoms. The average molecular weight is 208 g/mol. The van der Waals surface area contributed by atoms with Crippen LogP contribution in [0, 0.1) is 5.92 Å². The molecule has 0 aromatic carbocycles. The molecule has 0 heterocycles. The van der Waals surface area contributed by atoms with Crippen LogP contribution in [0.15, 0.2) is 24.8 Å². The molecule has 0 aromatic rings. The Hall–Kier alpha value is -0.520. The molecular weight excluding hydrogens is 180 g/mol. The number of rotatable bonds is 10. The third-order valence-electron chi connectivity index (χ3n) is 2.73. The zero-order valence-corrected chi connectivity index (χ0v) is 10.7. The molecule has 0 aliphatic carbocycles. The third kappa shape index (κ3) is 11.4. The lowest BCUT2D eigenvalue weighted by atomic mass is 10.1. The Labute approximate surface area is 96.5 Å². The van der Waals surface area contributed by atoms with E-state index in [0.29, 0.717) is 5.92 Å². The lowest BCUT2D eigenvalue weighted by Crippen LogP contribution is -1.85. The second-order valence-corrected chi connectivity index (χ2v) is 4.49. The normalized spacial score (nSPS) is 13.2. The Morgan fingerprint density at radius 3 is 2.40 bits per heavy atom. The third-order valence-corrected chi connectivity index (χ3v) is 2.73. The van der Waals surface area contributed by atoms with Crippen molar-refractivity contribution in [3.05, 3.63) is 24.8 Å². The summed E-state index contributed by atoms with van der Waals surface area (Å²) in [6.07, 6.45) is 17.4. The van der Waals surface area contributed by atoms with Gasteiger partial charge < -0.3 is 0 Å². The van der Waals surface area contributed by atoms with Gasteiger partial charge in [0.05, 0.1) is 0 Å². The molecule has 0 saturated heterocycles. The van der Waals surface area contributed by atoms with Crippen LogP contribution < -0.4 is 0 Å². The Kier molecular flexibility index (Phi) is 11.2. The minimum Gasteiger partial charge on any atom is -0.103 e. The monoisotopic (exact) mass is 208 g/mol. The predicted octanol–water partition coefficient (Wildman–Crippen LogP) is 5.51. The van der Waals surface area contributed by atoms with E-state index < -0.39 is 0 Å². The second-order valence-electron chi connectivity index (χ2n) is 4.49. The molecule has 0 nitrogen and oxygen atoms in total. The van der Waals surface area contributed by atoms with E-state index in [9.17, 15) is 0 Å². The summed E-state index contributed by atoms with van der Waals surface area (Å²) >= 11 is 0.